The van der Waals surface area contributed by atoms with Crippen LogP contribution in [0.5, 0.6) is 5.75 Å². The van der Waals surface area contributed by atoms with E-state index in [9.17, 15) is 4.79 Å². The summed E-state index contributed by atoms with van der Waals surface area (Å²) < 4.78 is 6.76. The zero-order chi connectivity index (χ0) is 15.2. The lowest BCUT2D eigenvalue weighted by molar-refractivity contribution is -0.118. The maximum atomic E-state index is 11.8. The highest BCUT2D eigenvalue weighted by atomic mass is 16.5. The third kappa shape index (κ3) is 3.39. The summed E-state index contributed by atoms with van der Waals surface area (Å²) in [6.45, 7) is -0.144. The molecule has 0 saturated carbocycles. The molecule has 0 radical (unpaired) electrons. The molecule has 3 rings (SSSR count). The van der Waals surface area contributed by atoms with Crippen molar-refractivity contribution in [3.05, 3.63) is 49.6 Å². The largest absolute Gasteiger partial charge is 0.482 e. The van der Waals surface area contributed by atoms with E-state index in [-0.39, 0.29) is 12.5 Å². The first kappa shape index (κ1) is 13.6. The molecule has 0 unspecified atom stereocenters. The Morgan fingerprint density at radius 2 is 2.23 bits per heavy atom. The van der Waals surface area contributed by atoms with Crippen LogP contribution < -0.4 is 10.1 Å². The molecule has 0 spiro atoms. The van der Waals surface area contributed by atoms with Gasteiger partial charge in [0.1, 0.15) is 30.5 Å². The summed E-state index contributed by atoms with van der Waals surface area (Å²) in [5.41, 5.74) is 0. The van der Waals surface area contributed by atoms with E-state index in [1.54, 1.807) is 24.4 Å². The second-order valence-corrected chi connectivity index (χ2v) is 4.13. The fraction of sp³-hybridized carbons (Fsp3) is 0.0769. The molecule has 3 heterocycles. The lowest BCUT2D eigenvalue weighted by Crippen LogP contribution is -2.21. The minimum absolute atomic E-state index is 0.144. The zero-order valence-electron chi connectivity index (χ0n) is 11.3. The highest BCUT2D eigenvalue weighted by Crippen LogP contribution is 2.08. The molecule has 9 heteroatoms. The van der Waals surface area contributed by atoms with Gasteiger partial charge in [0.25, 0.3) is 5.91 Å². The molecule has 0 aromatic carbocycles. The first-order valence-electron chi connectivity index (χ1n) is 6.31. The monoisotopic (exact) mass is 297 g/mol. The lowest BCUT2D eigenvalue weighted by atomic mass is 10.4. The molecule has 0 aliphatic rings. The molecule has 3 aromatic rings. The smallest absolute Gasteiger partial charge is 0.263 e. The molecule has 0 aliphatic heterocycles. The van der Waals surface area contributed by atoms with E-state index in [1.807, 2.05) is 0 Å². The van der Waals surface area contributed by atoms with Gasteiger partial charge in [-0.3, -0.25) is 9.78 Å². The Kier molecular flexibility index (Phi) is 3.96. The minimum Gasteiger partial charge on any atom is -0.482 e. The molecule has 1 amide bonds. The van der Waals surface area contributed by atoms with E-state index in [0.29, 0.717) is 17.4 Å². The number of carbonyl (C=O) groups is 1. The van der Waals surface area contributed by atoms with Crippen molar-refractivity contribution in [2.75, 3.05) is 11.9 Å². The Hall–Kier alpha value is -3.36. The van der Waals surface area contributed by atoms with Gasteiger partial charge in [0.2, 0.25) is 0 Å². The number of amides is 1. The van der Waals surface area contributed by atoms with Crippen molar-refractivity contribution in [3.63, 3.8) is 0 Å². The molecule has 110 valence electrons. The van der Waals surface area contributed by atoms with Crippen LogP contribution in [0.1, 0.15) is 0 Å². The van der Waals surface area contributed by atoms with E-state index in [0.717, 1.165) is 0 Å². The summed E-state index contributed by atoms with van der Waals surface area (Å²) in [6, 6.07) is 5.02. The number of nitrogens with zero attached hydrogens (tertiary/aromatic N) is 6. The van der Waals surface area contributed by atoms with Crippen LogP contribution >= 0.6 is 0 Å². The highest BCUT2D eigenvalue weighted by molar-refractivity contribution is 5.91. The number of hydrogen-bond donors (Lipinski definition) is 1. The number of aromatic nitrogens is 6. The third-order valence-corrected chi connectivity index (χ3v) is 2.58. The molecule has 9 nitrogen and oxygen atoms in total. The van der Waals surface area contributed by atoms with Crippen LogP contribution in [0.3, 0.4) is 0 Å². The number of rotatable bonds is 5. The summed E-state index contributed by atoms with van der Waals surface area (Å²) in [7, 11) is 0. The van der Waals surface area contributed by atoms with Gasteiger partial charge in [0.05, 0.1) is 6.20 Å². The van der Waals surface area contributed by atoms with Gasteiger partial charge in [-0.1, -0.05) is 0 Å². The minimum atomic E-state index is -0.341. The summed E-state index contributed by atoms with van der Waals surface area (Å²) >= 11 is 0. The zero-order valence-corrected chi connectivity index (χ0v) is 11.3. The molecule has 0 saturated heterocycles. The summed E-state index contributed by atoms with van der Waals surface area (Å²) in [5, 5.41) is 6.57. The van der Waals surface area contributed by atoms with E-state index < -0.39 is 0 Å². The number of hydrogen-bond acceptors (Lipinski definition) is 7. The van der Waals surface area contributed by atoms with Crippen molar-refractivity contribution < 1.29 is 9.53 Å². The van der Waals surface area contributed by atoms with E-state index in [2.05, 4.69) is 30.4 Å². The fourth-order valence-electron chi connectivity index (χ4n) is 1.63. The van der Waals surface area contributed by atoms with Gasteiger partial charge < -0.3 is 10.1 Å². The van der Waals surface area contributed by atoms with Gasteiger partial charge in [-0.15, -0.1) is 0 Å². The molecule has 0 fully saturated rings. The average molecular weight is 297 g/mol. The average Bonchev–Trinajstić information content (AvgIpc) is 3.09. The van der Waals surface area contributed by atoms with E-state index >= 15 is 0 Å². The van der Waals surface area contributed by atoms with Crippen LogP contribution in [0.2, 0.25) is 0 Å². The molecule has 0 aliphatic carbocycles. The van der Waals surface area contributed by atoms with Gasteiger partial charge in [0.15, 0.2) is 12.4 Å². The van der Waals surface area contributed by atoms with Crippen LogP contribution in [-0.2, 0) is 4.79 Å². The Morgan fingerprint density at radius 3 is 3.00 bits per heavy atom. The lowest BCUT2D eigenvalue weighted by Gasteiger charge is -2.07. The number of ether oxygens (including phenoxy) is 1. The molecule has 3 aromatic heterocycles. The molecule has 22 heavy (non-hydrogen) atoms. The molecular weight excluding hydrogens is 286 g/mol. The van der Waals surface area contributed by atoms with Crippen LogP contribution in [-0.4, -0.2) is 42.2 Å². The van der Waals surface area contributed by atoms with Crippen molar-refractivity contribution >= 4 is 11.7 Å². The summed E-state index contributed by atoms with van der Waals surface area (Å²) in [4.78, 5) is 27.6. The maximum Gasteiger partial charge on any atom is 0.263 e. The van der Waals surface area contributed by atoms with Gasteiger partial charge >= 0.3 is 0 Å². The first-order valence-corrected chi connectivity index (χ1v) is 6.31. The molecule has 0 bridgehead atoms. The normalized spacial score (nSPS) is 10.2. The predicted molar refractivity (Wildman–Crippen MR) is 75.3 cm³/mol. The van der Waals surface area contributed by atoms with E-state index in [1.165, 1.54) is 29.9 Å². The van der Waals surface area contributed by atoms with Crippen molar-refractivity contribution in [3.8, 4) is 11.6 Å². The van der Waals surface area contributed by atoms with Gasteiger partial charge in [-0.25, -0.2) is 19.6 Å². The van der Waals surface area contributed by atoms with Crippen LogP contribution in [0, 0.1) is 0 Å². The van der Waals surface area contributed by atoms with Gasteiger partial charge in [0, 0.05) is 12.3 Å². The second kappa shape index (κ2) is 6.39. The third-order valence-electron chi connectivity index (χ3n) is 2.58. The van der Waals surface area contributed by atoms with E-state index in [4.69, 9.17) is 4.74 Å². The number of anilines is 1. The quantitative estimate of drug-likeness (QED) is 0.729. The van der Waals surface area contributed by atoms with Crippen LogP contribution in [0.4, 0.5) is 5.82 Å². The number of nitrogens with one attached hydrogen (secondary N) is 1. The second-order valence-electron chi connectivity index (χ2n) is 4.13. The molecule has 0 atom stereocenters. The van der Waals surface area contributed by atoms with Crippen LogP contribution in [0.25, 0.3) is 5.82 Å². The Bertz CT molecular complexity index is 746. The topological polar surface area (TPSA) is 108 Å². The number of pyridine rings is 1. The van der Waals surface area contributed by atoms with Gasteiger partial charge in [-0.05, 0) is 12.1 Å². The summed E-state index contributed by atoms with van der Waals surface area (Å²) in [6.07, 6.45) is 7.37. The Labute approximate surface area is 125 Å². The molecular formula is C13H11N7O2. The van der Waals surface area contributed by atoms with Crippen molar-refractivity contribution in [1.82, 2.24) is 29.7 Å². The Balaban J connectivity index is 1.61. The fourth-order valence-corrected chi connectivity index (χ4v) is 1.63. The SMILES string of the molecule is O=C(COc1cccnc1)Nc1cc(-n2cncn2)ncn1. The maximum absolute atomic E-state index is 11.8. The number of carbonyl (C=O) groups excluding carboxylic acids is 1. The van der Waals surface area contributed by atoms with Crippen LogP contribution in [0.15, 0.2) is 49.6 Å². The van der Waals surface area contributed by atoms with Gasteiger partial charge in [-0.2, -0.15) is 5.10 Å². The highest BCUT2D eigenvalue weighted by Gasteiger charge is 2.07. The molecule has 1 N–H and O–H groups in total. The predicted octanol–water partition coefficient (Wildman–Crippen LogP) is 0.470. The van der Waals surface area contributed by atoms with Crippen molar-refractivity contribution in [2.24, 2.45) is 0 Å². The first-order chi connectivity index (χ1) is 10.8. The van der Waals surface area contributed by atoms with Crippen molar-refractivity contribution in [1.29, 1.82) is 0 Å². The summed E-state index contributed by atoms with van der Waals surface area (Å²) in [5.74, 6) is 1.02. The standard InChI is InChI=1S/C13H11N7O2/c21-13(6-22-10-2-1-3-14-5-10)19-11-4-12(17-8-16-11)20-9-15-7-18-20/h1-5,7-9H,6H2,(H,16,17,19,21). The van der Waals surface area contributed by atoms with Crippen molar-refractivity contribution in [2.45, 2.75) is 0 Å². The Morgan fingerprint density at radius 1 is 1.27 bits per heavy atom.